The summed E-state index contributed by atoms with van der Waals surface area (Å²) in [7, 11) is -3.08. The Morgan fingerprint density at radius 3 is 2.76 bits per heavy atom. The van der Waals surface area contributed by atoms with Crippen molar-refractivity contribution in [3.8, 4) is 0 Å². The first-order valence-electron chi connectivity index (χ1n) is 7.28. The van der Waals surface area contributed by atoms with E-state index < -0.39 is 10.0 Å². The van der Waals surface area contributed by atoms with Crippen molar-refractivity contribution in [3.63, 3.8) is 0 Å². The zero-order chi connectivity index (χ0) is 15.1. The molecule has 0 aromatic heterocycles. The molecular weight excluding hydrogens is 308 g/mol. The van der Waals surface area contributed by atoms with Crippen molar-refractivity contribution in [2.24, 2.45) is 5.41 Å². The highest BCUT2D eigenvalue weighted by atomic mass is 35.5. The number of nitrogens with zero attached hydrogens (tertiary/aromatic N) is 1. The van der Waals surface area contributed by atoms with Crippen LogP contribution in [-0.2, 0) is 16.6 Å². The molecule has 1 aromatic carbocycles. The number of hydrogen-bond acceptors (Lipinski definition) is 3. The fraction of sp³-hybridized carbons (Fsp3) is 0.600. The Hall–Kier alpha value is -0.620. The lowest BCUT2D eigenvalue weighted by Gasteiger charge is -2.45. The fourth-order valence-electron chi connectivity index (χ4n) is 3.74. The average Bonchev–Trinajstić information content (AvgIpc) is 2.74. The second-order valence-corrected chi connectivity index (χ2v) is 8.73. The lowest BCUT2D eigenvalue weighted by atomic mass is 9.65. The highest BCUT2D eigenvalue weighted by Crippen LogP contribution is 2.48. The third-order valence-electron chi connectivity index (χ3n) is 4.61. The van der Waals surface area contributed by atoms with Crippen LogP contribution >= 0.6 is 11.6 Å². The van der Waals surface area contributed by atoms with E-state index in [1.54, 1.807) is 0 Å². The maximum absolute atomic E-state index is 11.2. The number of likely N-dealkylation sites (tertiary alicyclic amines) is 1. The monoisotopic (exact) mass is 328 g/mol. The van der Waals surface area contributed by atoms with E-state index in [1.165, 1.54) is 11.8 Å². The first-order valence-corrected chi connectivity index (χ1v) is 9.55. The second-order valence-electron chi connectivity index (χ2n) is 6.55. The van der Waals surface area contributed by atoms with E-state index in [2.05, 4.69) is 15.7 Å². The number of rotatable bonds is 4. The molecule has 0 bridgehead atoms. The number of sulfonamides is 1. The molecule has 0 amide bonds. The summed E-state index contributed by atoms with van der Waals surface area (Å²) in [6.07, 6.45) is 4.30. The molecular formula is C15H21ClN2O2S. The topological polar surface area (TPSA) is 49.4 Å². The molecule has 1 saturated heterocycles. The van der Waals surface area contributed by atoms with Gasteiger partial charge in [-0.15, -0.1) is 0 Å². The zero-order valence-corrected chi connectivity index (χ0v) is 13.8. The van der Waals surface area contributed by atoms with Gasteiger partial charge in [0.1, 0.15) is 0 Å². The third-order valence-corrected chi connectivity index (χ3v) is 5.74. The Morgan fingerprint density at radius 1 is 1.38 bits per heavy atom. The van der Waals surface area contributed by atoms with Gasteiger partial charge in [0.15, 0.2) is 0 Å². The van der Waals surface area contributed by atoms with E-state index >= 15 is 0 Å². The summed E-state index contributed by atoms with van der Waals surface area (Å²) < 4.78 is 25.2. The summed E-state index contributed by atoms with van der Waals surface area (Å²) >= 11 is 6.21. The molecule has 21 heavy (non-hydrogen) atoms. The Balaban J connectivity index is 1.54. The predicted octanol–water partition coefficient (Wildman–Crippen LogP) is 2.24. The van der Waals surface area contributed by atoms with Crippen molar-refractivity contribution >= 4 is 21.6 Å². The molecule has 1 aliphatic carbocycles. The summed E-state index contributed by atoms with van der Waals surface area (Å²) in [6, 6.07) is 8.09. The molecule has 4 nitrogen and oxygen atoms in total. The van der Waals surface area contributed by atoms with Crippen LogP contribution in [0.2, 0.25) is 5.02 Å². The van der Waals surface area contributed by atoms with Gasteiger partial charge in [0.25, 0.3) is 0 Å². The summed E-state index contributed by atoms with van der Waals surface area (Å²) in [5.74, 6) is 0. The lowest BCUT2D eigenvalue weighted by Crippen LogP contribution is -2.51. The summed E-state index contributed by atoms with van der Waals surface area (Å²) in [5, 5.41) is 0.823. The molecule has 1 heterocycles. The molecule has 2 aliphatic rings. The van der Waals surface area contributed by atoms with Gasteiger partial charge < -0.3 is 0 Å². The largest absolute Gasteiger partial charge is 0.298 e. The van der Waals surface area contributed by atoms with Crippen molar-refractivity contribution in [1.82, 2.24) is 9.62 Å². The minimum atomic E-state index is -3.08. The number of halogens is 1. The van der Waals surface area contributed by atoms with Crippen LogP contribution in [-0.4, -0.2) is 38.7 Å². The third kappa shape index (κ3) is 3.59. The predicted molar refractivity (Wildman–Crippen MR) is 84.8 cm³/mol. The Kier molecular flexibility index (Phi) is 4.03. The van der Waals surface area contributed by atoms with E-state index in [1.807, 2.05) is 18.2 Å². The minimum absolute atomic E-state index is 0.125. The van der Waals surface area contributed by atoms with Crippen LogP contribution in [0.4, 0.5) is 0 Å². The summed E-state index contributed by atoms with van der Waals surface area (Å²) in [4.78, 5) is 2.43. The van der Waals surface area contributed by atoms with Gasteiger partial charge in [-0.2, -0.15) is 0 Å². The van der Waals surface area contributed by atoms with Gasteiger partial charge in [0, 0.05) is 24.2 Å². The number of benzene rings is 1. The van der Waals surface area contributed by atoms with Gasteiger partial charge in [-0.05, 0) is 42.9 Å². The Labute approximate surface area is 131 Å². The van der Waals surface area contributed by atoms with Crippen LogP contribution in [0.15, 0.2) is 24.3 Å². The lowest BCUT2D eigenvalue weighted by molar-refractivity contribution is 0.101. The SMILES string of the molecule is CS(=O)(=O)NC1CC2(CCN(Cc3ccccc3Cl)C2)C1. The van der Waals surface area contributed by atoms with Crippen molar-refractivity contribution < 1.29 is 8.42 Å². The quantitative estimate of drug-likeness (QED) is 0.922. The smallest absolute Gasteiger partial charge is 0.208 e. The molecule has 1 aliphatic heterocycles. The molecule has 3 rings (SSSR count). The maximum Gasteiger partial charge on any atom is 0.208 e. The normalized spacial score (nSPS) is 29.7. The molecule has 1 saturated carbocycles. The summed E-state index contributed by atoms with van der Waals surface area (Å²) in [5.41, 5.74) is 1.48. The standard InChI is InChI=1S/C15H21ClN2O2S/c1-21(19,20)17-13-8-15(9-13)6-7-18(11-15)10-12-4-2-3-5-14(12)16/h2-5,13,17H,6-11H2,1H3. The molecule has 6 heteroatoms. The van der Waals surface area contributed by atoms with E-state index in [0.717, 1.165) is 43.9 Å². The summed E-state index contributed by atoms with van der Waals surface area (Å²) in [6.45, 7) is 2.99. The molecule has 1 N–H and O–H groups in total. The van der Waals surface area contributed by atoms with Crippen molar-refractivity contribution in [2.75, 3.05) is 19.3 Å². The van der Waals surface area contributed by atoms with Gasteiger partial charge in [-0.3, -0.25) is 4.90 Å². The molecule has 0 unspecified atom stereocenters. The van der Waals surface area contributed by atoms with Crippen LogP contribution < -0.4 is 4.72 Å². The first-order chi connectivity index (χ1) is 9.85. The highest BCUT2D eigenvalue weighted by molar-refractivity contribution is 7.88. The van der Waals surface area contributed by atoms with Gasteiger partial charge in [-0.25, -0.2) is 13.1 Å². The van der Waals surface area contributed by atoms with E-state index in [0.29, 0.717) is 5.41 Å². The fourth-order valence-corrected chi connectivity index (χ4v) is 4.70. The zero-order valence-electron chi connectivity index (χ0n) is 12.2. The van der Waals surface area contributed by atoms with Crippen LogP contribution in [0.25, 0.3) is 0 Å². The minimum Gasteiger partial charge on any atom is -0.298 e. The molecule has 0 radical (unpaired) electrons. The van der Waals surface area contributed by atoms with Crippen molar-refractivity contribution in [3.05, 3.63) is 34.9 Å². The van der Waals surface area contributed by atoms with Gasteiger partial charge in [0.05, 0.1) is 6.26 Å². The molecule has 1 aromatic rings. The van der Waals surface area contributed by atoms with E-state index in [-0.39, 0.29) is 6.04 Å². The van der Waals surface area contributed by atoms with Crippen LogP contribution in [0.5, 0.6) is 0 Å². The number of nitrogens with one attached hydrogen (secondary N) is 1. The van der Waals surface area contributed by atoms with Gasteiger partial charge >= 0.3 is 0 Å². The highest BCUT2D eigenvalue weighted by Gasteiger charge is 2.48. The molecule has 0 atom stereocenters. The Morgan fingerprint density at radius 2 is 2.10 bits per heavy atom. The molecule has 1 spiro atoms. The average molecular weight is 329 g/mol. The van der Waals surface area contributed by atoms with Crippen LogP contribution in [0.3, 0.4) is 0 Å². The van der Waals surface area contributed by atoms with Crippen LogP contribution in [0.1, 0.15) is 24.8 Å². The van der Waals surface area contributed by atoms with Gasteiger partial charge in [0.2, 0.25) is 10.0 Å². The van der Waals surface area contributed by atoms with Crippen LogP contribution in [0, 0.1) is 5.41 Å². The van der Waals surface area contributed by atoms with Gasteiger partial charge in [-0.1, -0.05) is 29.8 Å². The Bertz CT molecular complexity index is 626. The van der Waals surface area contributed by atoms with E-state index in [4.69, 9.17) is 11.6 Å². The van der Waals surface area contributed by atoms with E-state index in [9.17, 15) is 8.42 Å². The molecule has 2 fully saturated rings. The molecule has 116 valence electrons. The second kappa shape index (κ2) is 5.54. The first kappa shape index (κ1) is 15.3. The number of hydrogen-bond donors (Lipinski definition) is 1. The van der Waals surface area contributed by atoms with Crippen molar-refractivity contribution in [2.45, 2.75) is 31.8 Å². The maximum atomic E-state index is 11.2. The van der Waals surface area contributed by atoms with Crippen molar-refractivity contribution in [1.29, 1.82) is 0 Å².